The summed E-state index contributed by atoms with van der Waals surface area (Å²) in [5.74, 6) is 0.823. The van der Waals surface area contributed by atoms with Crippen LogP contribution in [0.4, 0.5) is 0 Å². The van der Waals surface area contributed by atoms with Crippen molar-refractivity contribution in [3.8, 4) is 17.2 Å². The van der Waals surface area contributed by atoms with Crippen LogP contribution in [0.2, 0.25) is 10.0 Å². The standard InChI is InChI=1S/C29H24Cl2N4O4S/c1-16-8-9-19(12-17(16)2)38-10-11-39-25-23(31)14-18(15-24(25)37-3)13-21-26(32)35-29(33-27(21)36)40-28(34-35)20-6-4-5-7-22(20)30/h4-9,12-15,32H,10-11H2,1-3H3. The Balaban J connectivity index is 1.32. The second-order valence-corrected chi connectivity index (χ2v) is 10.7. The van der Waals surface area contributed by atoms with Gasteiger partial charge in [-0.05, 0) is 78.7 Å². The highest BCUT2D eigenvalue weighted by molar-refractivity contribution is 8.27. The second kappa shape index (κ2) is 11.8. The van der Waals surface area contributed by atoms with Gasteiger partial charge in [-0.25, -0.2) is 0 Å². The predicted molar refractivity (Wildman–Crippen MR) is 160 cm³/mol. The number of thioether (sulfide) groups is 1. The molecule has 11 heteroatoms. The number of carbonyl (C=O) groups is 1. The summed E-state index contributed by atoms with van der Waals surface area (Å²) < 4.78 is 17.2. The minimum absolute atomic E-state index is 0.0575. The maximum atomic E-state index is 12.9. The van der Waals surface area contributed by atoms with Crippen molar-refractivity contribution in [2.24, 2.45) is 10.1 Å². The largest absolute Gasteiger partial charge is 0.493 e. The number of aliphatic imine (C=N–C) groups is 1. The third-order valence-electron chi connectivity index (χ3n) is 6.20. The highest BCUT2D eigenvalue weighted by atomic mass is 35.5. The van der Waals surface area contributed by atoms with Crippen molar-refractivity contribution in [1.82, 2.24) is 5.01 Å². The highest BCUT2D eigenvalue weighted by Crippen LogP contribution is 2.38. The first kappa shape index (κ1) is 27.8. The summed E-state index contributed by atoms with van der Waals surface area (Å²) >= 11 is 14.0. The zero-order valence-electron chi connectivity index (χ0n) is 21.8. The molecule has 204 valence electrons. The van der Waals surface area contributed by atoms with Crippen LogP contribution < -0.4 is 14.2 Å². The number of hydrogen-bond acceptors (Lipinski definition) is 7. The minimum Gasteiger partial charge on any atom is -0.493 e. The van der Waals surface area contributed by atoms with Crippen LogP contribution in [0.25, 0.3) is 6.08 Å². The van der Waals surface area contributed by atoms with E-state index in [4.69, 9.17) is 42.8 Å². The van der Waals surface area contributed by atoms with Gasteiger partial charge in [0.05, 0.1) is 22.7 Å². The molecule has 0 aromatic heterocycles. The SMILES string of the molecule is COc1cc(C=C2C(=N)N3N=C(c4ccccc4Cl)SC3=NC2=O)cc(Cl)c1OCCOc1ccc(C)c(C)c1. The molecule has 40 heavy (non-hydrogen) atoms. The number of nitrogens with zero attached hydrogens (tertiary/aromatic N) is 3. The number of hydrazone groups is 1. The lowest BCUT2D eigenvalue weighted by molar-refractivity contribution is -0.114. The van der Waals surface area contributed by atoms with Crippen LogP contribution in [0, 0.1) is 19.3 Å². The molecule has 0 aliphatic carbocycles. The Morgan fingerprint density at radius 3 is 2.52 bits per heavy atom. The van der Waals surface area contributed by atoms with Gasteiger partial charge in [0, 0.05) is 5.56 Å². The van der Waals surface area contributed by atoms with Crippen LogP contribution >= 0.6 is 35.0 Å². The lowest BCUT2D eigenvalue weighted by atomic mass is 10.1. The Morgan fingerprint density at radius 1 is 1.00 bits per heavy atom. The number of hydrogen-bond donors (Lipinski definition) is 1. The molecular weight excluding hydrogens is 571 g/mol. The lowest BCUT2D eigenvalue weighted by Crippen LogP contribution is -2.35. The zero-order valence-corrected chi connectivity index (χ0v) is 24.2. The summed E-state index contributed by atoms with van der Waals surface area (Å²) in [5, 5.41) is 16.1. The summed E-state index contributed by atoms with van der Waals surface area (Å²) in [6.45, 7) is 4.63. The predicted octanol–water partition coefficient (Wildman–Crippen LogP) is 6.74. The van der Waals surface area contributed by atoms with Gasteiger partial charge in [-0.1, -0.05) is 47.5 Å². The molecule has 8 nitrogen and oxygen atoms in total. The molecule has 0 atom stereocenters. The molecule has 5 rings (SSSR count). The van der Waals surface area contributed by atoms with Crippen molar-refractivity contribution in [1.29, 1.82) is 5.41 Å². The van der Waals surface area contributed by atoms with E-state index in [0.717, 1.165) is 11.3 Å². The summed E-state index contributed by atoms with van der Waals surface area (Å²) in [4.78, 5) is 17.0. The van der Waals surface area contributed by atoms with Crippen LogP contribution in [0.15, 0.2) is 70.3 Å². The van der Waals surface area contributed by atoms with Crippen molar-refractivity contribution < 1.29 is 19.0 Å². The van der Waals surface area contributed by atoms with Crippen molar-refractivity contribution in [2.45, 2.75) is 13.8 Å². The fourth-order valence-electron chi connectivity index (χ4n) is 3.97. The minimum atomic E-state index is -0.557. The van der Waals surface area contributed by atoms with Gasteiger partial charge in [-0.2, -0.15) is 15.1 Å². The fraction of sp³-hybridized carbons (Fsp3) is 0.172. The lowest BCUT2D eigenvalue weighted by Gasteiger charge is -2.20. The van der Waals surface area contributed by atoms with Gasteiger partial charge in [-0.15, -0.1) is 0 Å². The first-order valence-electron chi connectivity index (χ1n) is 12.2. The van der Waals surface area contributed by atoms with E-state index in [1.807, 2.05) is 50.2 Å². The van der Waals surface area contributed by atoms with Gasteiger partial charge in [0.25, 0.3) is 5.91 Å². The van der Waals surface area contributed by atoms with E-state index >= 15 is 0 Å². The topological polar surface area (TPSA) is 96.6 Å². The normalized spacial score (nSPS) is 15.6. The Bertz CT molecular complexity index is 1620. The number of nitrogens with one attached hydrogen (secondary N) is 1. The molecule has 0 radical (unpaired) electrons. The quantitative estimate of drug-likeness (QED) is 0.229. The number of carbonyl (C=O) groups excluding carboxylic acids is 1. The number of halogens is 2. The number of amides is 1. The fourth-order valence-corrected chi connectivity index (χ4v) is 5.46. The molecule has 0 bridgehead atoms. The van der Waals surface area contributed by atoms with Crippen LogP contribution in [0.3, 0.4) is 0 Å². The molecule has 1 amide bonds. The van der Waals surface area contributed by atoms with Gasteiger partial charge in [0.1, 0.15) is 24.0 Å². The third-order valence-corrected chi connectivity index (χ3v) is 7.75. The van der Waals surface area contributed by atoms with Crippen LogP contribution in [-0.2, 0) is 4.79 Å². The Kier molecular flexibility index (Phi) is 8.16. The van der Waals surface area contributed by atoms with Gasteiger partial charge < -0.3 is 14.2 Å². The molecule has 2 aliphatic rings. The number of ether oxygens (including phenoxy) is 3. The number of rotatable bonds is 8. The van der Waals surface area contributed by atoms with Crippen LogP contribution in [0.5, 0.6) is 17.2 Å². The smallest absolute Gasteiger partial charge is 0.283 e. The Labute approximate surface area is 245 Å². The average Bonchev–Trinajstić information content (AvgIpc) is 3.35. The Hall–Kier alpha value is -3.79. The summed E-state index contributed by atoms with van der Waals surface area (Å²) in [7, 11) is 1.50. The molecule has 2 aliphatic heterocycles. The monoisotopic (exact) mass is 594 g/mol. The molecule has 1 N–H and O–H groups in total. The van der Waals surface area contributed by atoms with Crippen molar-refractivity contribution >= 4 is 63.0 Å². The van der Waals surface area contributed by atoms with Gasteiger partial charge in [0.2, 0.25) is 5.17 Å². The number of aryl methyl sites for hydroxylation is 2. The van der Waals surface area contributed by atoms with E-state index in [1.165, 1.54) is 35.5 Å². The summed E-state index contributed by atoms with van der Waals surface area (Å²) in [5.41, 5.74) is 3.64. The third kappa shape index (κ3) is 5.72. The maximum Gasteiger partial charge on any atom is 0.283 e. The van der Waals surface area contributed by atoms with Crippen molar-refractivity contribution in [3.63, 3.8) is 0 Å². The highest BCUT2D eigenvalue weighted by Gasteiger charge is 2.36. The molecule has 0 fully saturated rings. The Morgan fingerprint density at radius 2 is 1.77 bits per heavy atom. The van der Waals surface area contributed by atoms with E-state index < -0.39 is 5.91 Å². The van der Waals surface area contributed by atoms with Gasteiger partial charge in [-0.3, -0.25) is 10.2 Å². The molecule has 3 aromatic rings. The van der Waals surface area contributed by atoms with Gasteiger partial charge in [0.15, 0.2) is 17.3 Å². The molecular formula is C29H24Cl2N4O4S. The van der Waals surface area contributed by atoms with E-state index in [0.29, 0.717) is 44.5 Å². The number of fused-ring (bicyclic) bond motifs is 1. The molecule has 0 spiro atoms. The molecule has 3 aromatic carbocycles. The average molecular weight is 596 g/mol. The zero-order chi connectivity index (χ0) is 28.4. The van der Waals surface area contributed by atoms with E-state index in [9.17, 15) is 4.79 Å². The van der Waals surface area contributed by atoms with Gasteiger partial charge >= 0.3 is 0 Å². The van der Waals surface area contributed by atoms with E-state index in [-0.39, 0.29) is 23.0 Å². The summed E-state index contributed by atoms with van der Waals surface area (Å²) in [6, 6.07) is 16.4. The van der Waals surface area contributed by atoms with E-state index in [1.54, 1.807) is 18.2 Å². The molecule has 0 saturated heterocycles. The van der Waals surface area contributed by atoms with Crippen molar-refractivity contribution in [3.05, 3.63) is 92.5 Å². The van der Waals surface area contributed by atoms with Crippen LogP contribution in [0.1, 0.15) is 22.3 Å². The first-order chi connectivity index (χ1) is 19.2. The van der Waals surface area contributed by atoms with E-state index in [2.05, 4.69) is 10.1 Å². The number of benzene rings is 3. The summed E-state index contributed by atoms with van der Waals surface area (Å²) in [6.07, 6.45) is 1.53. The number of amidine groups is 2. The van der Waals surface area contributed by atoms with Crippen molar-refractivity contribution in [2.75, 3.05) is 20.3 Å². The second-order valence-electron chi connectivity index (χ2n) is 8.88. The van der Waals surface area contributed by atoms with Crippen LogP contribution in [-0.4, -0.2) is 47.3 Å². The maximum absolute atomic E-state index is 12.9. The molecule has 0 unspecified atom stereocenters. The molecule has 2 heterocycles. The molecule has 0 saturated carbocycles. The first-order valence-corrected chi connectivity index (χ1v) is 13.8. The number of methoxy groups -OCH3 is 1.